The molecule has 3 aromatic rings. The SMILES string of the molecule is CCOc1nc(OCc2cccc(-c3ccccc3)c2C)ncc1CNCCC(=O)O. The molecule has 1 heterocycles. The number of hydrogen-bond donors (Lipinski definition) is 2. The van der Waals surface area contributed by atoms with Gasteiger partial charge in [-0.2, -0.15) is 4.98 Å². The molecule has 2 N–H and O–H groups in total. The Morgan fingerprint density at radius 2 is 1.87 bits per heavy atom. The van der Waals surface area contributed by atoms with Gasteiger partial charge in [0.25, 0.3) is 0 Å². The van der Waals surface area contributed by atoms with Crippen molar-refractivity contribution in [1.29, 1.82) is 0 Å². The van der Waals surface area contributed by atoms with Crippen LogP contribution in [0.15, 0.2) is 54.7 Å². The zero-order valence-corrected chi connectivity index (χ0v) is 17.8. The van der Waals surface area contributed by atoms with E-state index in [9.17, 15) is 4.79 Å². The van der Waals surface area contributed by atoms with E-state index in [1.165, 1.54) is 5.56 Å². The lowest BCUT2D eigenvalue weighted by Crippen LogP contribution is -2.18. The van der Waals surface area contributed by atoms with Gasteiger partial charge in [-0.25, -0.2) is 4.98 Å². The molecule has 0 fully saturated rings. The van der Waals surface area contributed by atoms with Crippen molar-refractivity contribution >= 4 is 5.97 Å². The summed E-state index contributed by atoms with van der Waals surface area (Å²) in [7, 11) is 0. The second-order valence-electron chi connectivity index (χ2n) is 6.98. The number of ether oxygens (including phenoxy) is 2. The zero-order valence-electron chi connectivity index (χ0n) is 17.8. The van der Waals surface area contributed by atoms with Crippen LogP contribution in [0.4, 0.5) is 0 Å². The van der Waals surface area contributed by atoms with E-state index in [-0.39, 0.29) is 12.4 Å². The van der Waals surface area contributed by atoms with Gasteiger partial charge in [-0.3, -0.25) is 4.79 Å². The van der Waals surface area contributed by atoms with Gasteiger partial charge in [0.05, 0.1) is 13.0 Å². The average Bonchev–Trinajstić information content (AvgIpc) is 2.78. The Kier molecular flexibility index (Phi) is 7.95. The summed E-state index contributed by atoms with van der Waals surface area (Å²) >= 11 is 0. The number of carbonyl (C=O) groups is 1. The highest BCUT2D eigenvalue weighted by atomic mass is 16.5. The van der Waals surface area contributed by atoms with E-state index >= 15 is 0 Å². The van der Waals surface area contributed by atoms with Crippen molar-refractivity contribution in [1.82, 2.24) is 15.3 Å². The molecule has 1 aromatic heterocycles. The van der Waals surface area contributed by atoms with Crippen LogP contribution in [-0.4, -0.2) is 34.2 Å². The van der Waals surface area contributed by atoms with Crippen LogP contribution in [-0.2, 0) is 17.9 Å². The van der Waals surface area contributed by atoms with E-state index in [1.807, 2.05) is 37.3 Å². The highest BCUT2D eigenvalue weighted by Crippen LogP contribution is 2.26. The lowest BCUT2D eigenvalue weighted by molar-refractivity contribution is -0.136. The molecule has 3 rings (SSSR count). The molecule has 0 spiro atoms. The number of nitrogens with one attached hydrogen (secondary N) is 1. The molecule has 0 aliphatic carbocycles. The third-order valence-corrected chi connectivity index (χ3v) is 4.80. The fraction of sp³-hybridized carbons (Fsp3) is 0.292. The van der Waals surface area contributed by atoms with Crippen molar-refractivity contribution in [2.75, 3.05) is 13.2 Å². The highest BCUT2D eigenvalue weighted by molar-refractivity contribution is 5.68. The van der Waals surface area contributed by atoms with Crippen LogP contribution < -0.4 is 14.8 Å². The topological polar surface area (TPSA) is 93.6 Å². The summed E-state index contributed by atoms with van der Waals surface area (Å²) in [4.78, 5) is 19.3. The number of benzene rings is 2. The first-order valence-electron chi connectivity index (χ1n) is 10.3. The van der Waals surface area contributed by atoms with Crippen LogP contribution in [0, 0.1) is 6.92 Å². The average molecular weight is 421 g/mol. The van der Waals surface area contributed by atoms with Crippen LogP contribution in [0.5, 0.6) is 11.9 Å². The minimum Gasteiger partial charge on any atom is -0.481 e. The van der Waals surface area contributed by atoms with Gasteiger partial charge in [0.15, 0.2) is 0 Å². The monoisotopic (exact) mass is 421 g/mol. The molecule has 0 radical (unpaired) electrons. The molecule has 0 amide bonds. The maximum atomic E-state index is 10.6. The van der Waals surface area contributed by atoms with E-state index in [1.54, 1.807) is 6.20 Å². The van der Waals surface area contributed by atoms with Crippen molar-refractivity contribution in [3.63, 3.8) is 0 Å². The molecule has 0 aliphatic heterocycles. The van der Waals surface area contributed by atoms with Crippen LogP contribution in [0.1, 0.15) is 30.0 Å². The normalized spacial score (nSPS) is 10.6. The third-order valence-electron chi connectivity index (χ3n) is 4.80. The Hall–Kier alpha value is -3.45. The molecule has 0 aliphatic rings. The van der Waals surface area contributed by atoms with E-state index in [4.69, 9.17) is 14.6 Å². The lowest BCUT2D eigenvalue weighted by atomic mass is 9.97. The number of rotatable bonds is 11. The van der Waals surface area contributed by atoms with Crippen molar-refractivity contribution in [3.05, 3.63) is 71.4 Å². The largest absolute Gasteiger partial charge is 0.481 e. The first kappa shape index (κ1) is 22.2. The van der Waals surface area contributed by atoms with Crippen LogP contribution in [0.3, 0.4) is 0 Å². The Bertz CT molecular complexity index is 1010. The molecule has 0 unspecified atom stereocenters. The molecule has 0 saturated heterocycles. The summed E-state index contributed by atoms with van der Waals surface area (Å²) in [6.07, 6.45) is 1.70. The highest BCUT2D eigenvalue weighted by Gasteiger charge is 2.11. The van der Waals surface area contributed by atoms with E-state index in [2.05, 4.69) is 40.4 Å². The van der Waals surface area contributed by atoms with Gasteiger partial charge in [-0.1, -0.05) is 48.5 Å². The molecule has 7 nitrogen and oxygen atoms in total. The molecule has 2 aromatic carbocycles. The molecule has 31 heavy (non-hydrogen) atoms. The van der Waals surface area contributed by atoms with Gasteiger partial charge in [0.1, 0.15) is 6.61 Å². The predicted molar refractivity (Wildman–Crippen MR) is 118 cm³/mol. The molecular formula is C24H27N3O4. The third kappa shape index (κ3) is 6.26. The first-order chi connectivity index (χ1) is 15.1. The van der Waals surface area contributed by atoms with E-state index < -0.39 is 5.97 Å². The van der Waals surface area contributed by atoms with Crippen molar-refractivity contribution in [2.45, 2.75) is 33.4 Å². The van der Waals surface area contributed by atoms with Gasteiger partial charge in [0.2, 0.25) is 5.88 Å². The van der Waals surface area contributed by atoms with E-state index in [0.717, 1.165) is 22.3 Å². The smallest absolute Gasteiger partial charge is 0.320 e. The number of nitrogens with zero attached hydrogens (tertiary/aromatic N) is 2. The number of aromatic nitrogens is 2. The summed E-state index contributed by atoms with van der Waals surface area (Å²) in [5.41, 5.74) is 5.29. The molecule has 0 saturated carbocycles. The molecule has 0 atom stereocenters. The Morgan fingerprint density at radius 1 is 1.06 bits per heavy atom. The summed E-state index contributed by atoms with van der Waals surface area (Å²) in [5.74, 6) is -0.408. The summed E-state index contributed by atoms with van der Waals surface area (Å²) < 4.78 is 11.5. The number of hydrogen-bond acceptors (Lipinski definition) is 6. The summed E-state index contributed by atoms with van der Waals surface area (Å²) in [5, 5.41) is 11.8. The quantitative estimate of drug-likeness (QED) is 0.452. The lowest BCUT2D eigenvalue weighted by Gasteiger charge is -2.14. The van der Waals surface area contributed by atoms with Gasteiger partial charge in [0, 0.05) is 24.8 Å². The Morgan fingerprint density at radius 3 is 2.61 bits per heavy atom. The van der Waals surface area contributed by atoms with Crippen LogP contribution in [0.25, 0.3) is 11.1 Å². The van der Waals surface area contributed by atoms with Crippen molar-refractivity contribution in [3.8, 4) is 23.0 Å². The van der Waals surface area contributed by atoms with Crippen molar-refractivity contribution < 1.29 is 19.4 Å². The Balaban J connectivity index is 1.69. The number of carboxylic acid groups (broad SMARTS) is 1. The van der Waals surface area contributed by atoms with E-state index in [0.29, 0.717) is 32.2 Å². The molecular weight excluding hydrogens is 394 g/mol. The maximum Gasteiger partial charge on any atom is 0.320 e. The maximum absolute atomic E-state index is 10.6. The van der Waals surface area contributed by atoms with Gasteiger partial charge < -0.3 is 19.9 Å². The standard InChI is InChI=1S/C24H27N3O4/c1-3-30-23-20(14-25-13-12-22(28)29)15-26-24(27-23)31-16-19-10-7-11-21(17(19)2)18-8-5-4-6-9-18/h4-11,15,25H,3,12-14,16H2,1-2H3,(H,28,29). The molecule has 162 valence electrons. The number of carboxylic acids is 1. The Labute approximate surface area is 182 Å². The summed E-state index contributed by atoms with van der Waals surface area (Å²) in [6, 6.07) is 16.6. The zero-order chi connectivity index (χ0) is 22.1. The van der Waals surface area contributed by atoms with Gasteiger partial charge in [-0.15, -0.1) is 0 Å². The molecule has 0 bridgehead atoms. The minimum absolute atomic E-state index is 0.0490. The fourth-order valence-electron chi connectivity index (χ4n) is 3.16. The second-order valence-corrected chi connectivity index (χ2v) is 6.98. The number of aliphatic carboxylic acids is 1. The molecule has 7 heteroatoms. The summed E-state index contributed by atoms with van der Waals surface area (Å²) in [6.45, 7) is 5.53. The fourth-order valence-corrected chi connectivity index (χ4v) is 3.16. The van der Waals surface area contributed by atoms with Crippen LogP contribution >= 0.6 is 0 Å². The van der Waals surface area contributed by atoms with Gasteiger partial charge >= 0.3 is 12.0 Å². The minimum atomic E-state index is -0.843. The first-order valence-corrected chi connectivity index (χ1v) is 10.3. The van der Waals surface area contributed by atoms with Gasteiger partial charge in [-0.05, 0) is 36.1 Å². The predicted octanol–water partition coefficient (Wildman–Crippen LogP) is 3.99. The second kappa shape index (κ2) is 11.1. The van der Waals surface area contributed by atoms with Crippen LogP contribution in [0.2, 0.25) is 0 Å². The van der Waals surface area contributed by atoms with Crippen molar-refractivity contribution in [2.24, 2.45) is 0 Å².